The number of rotatable bonds is 5. The maximum absolute atomic E-state index is 12.7. The molecule has 2 N–H and O–H groups in total. The summed E-state index contributed by atoms with van der Waals surface area (Å²) in [5, 5.41) is 0. The van der Waals surface area contributed by atoms with Gasteiger partial charge in [-0.05, 0) is 31.2 Å². The van der Waals surface area contributed by atoms with Gasteiger partial charge in [-0.3, -0.25) is 9.59 Å². The topological polar surface area (TPSA) is 104 Å². The Bertz CT molecular complexity index is 762. The molecule has 2 rings (SSSR count). The van der Waals surface area contributed by atoms with E-state index < -0.39 is 10.0 Å². The first kappa shape index (κ1) is 23.4. The first-order chi connectivity index (χ1) is 12.2. The highest BCUT2D eigenvalue weighted by Gasteiger charge is 2.29. The third-order valence-electron chi connectivity index (χ3n) is 4.75. The van der Waals surface area contributed by atoms with Gasteiger partial charge in [0.1, 0.15) is 0 Å². The molecule has 1 heterocycles. The summed E-state index contributed by atoms with van der Waals surface area (Å²) in [6, 6.07) is 5.81. The van der Waals surface area contributed by atoms with Crippen molar-refractivity contribution in [2.45, 2.75) is 24.8 Å². The largest absolute Gasteiger partial charge is 0.340 e. The molecule has 1 aliphatic heterocycles. The van der Waals surface area contributed by atoms with Crippen LogP contribution in [0.1, 0.15) is 24.2 Å². The number of nitrogens with zero attached hydrogens (tertiary/aromatic N) is 3. The van der Waals surface area contributed by atoms with E-state index >= 15 is 0 Å². The van der Waals surface area contributed by atoms with Crippen LogP contribution in [0.5, 0.6) is 0 Å². The molecule has 152 valence electrons. The number of hydrogen-bond acceptors (Lipinski definition) is 5. The Labute approximate surface area is 166 Å². The summed E-state index contributed by atoms with van der Waals surface area (Å²) in [5.41, 5.74) is 5.99. The molecule has 1 fully saturated rings. The summed E-state index contributed by atoms with van der Waals surface area (Å²) < 4.78 is 26.9. The normalized spacial score (nSPS) is 16.4. The molecule has 0 bridgehead atoms. The molecule has 0 aromatic heterocycles. The maximum Gasteiger partial charge on any atom is 0.253 e. The van der Waals surface area contributed by atoms with Crippen molar-refractivity contribution in [1.82, 2.24) is 14.1 Å². The molecule has 0 saturated carbocycles. The molecule has 1 aromatic carbocycles. The lowest BCUT2D eigenvalue weighted by molar-refractivity contribution is -0.129. The standard InChI is InChI=1S/C17H26N4O4S.ClH/c1-13(12-18)19(3)17(23)15-4-6-16(7-5-15)26(24,25)21-10-8-20(9-11-21)14(2)22;/h4-7,13H,8-12,18H2,1-3H3;1H. The van der Waals surface area contributed by atoms with Gasteiger partial charge in [0, 0.05) is 58.3 Å². The smallest absolute Gasteiger partial charge is 0.253 e. The van der Waals surface area contributed by atoms with Gasteiger partial charge in [0.15, 0.2) is 0 Å². The monoisotopic (exact) mass is 418 g/mol. The molecule has 0 spiro atoms. The molecular formula is C17H27ClN4O4S. The summed E-state index contributed by atoms with van der Waals surface area (Å²) in [5.74, 6) is -0.261. The van der Waals surface area contributed by atoms with E-state index in [0.717, 1.165) is 0 Å². The first-order valence-electron chi connectivity index (χ1n) is 8.51. The lowest BCUT2D eigenvalue weighted by Gasteiger charge is -2.33. The highest BCUT2D eigenvalue weighted by molar-refractivity contribution is 7.89. The second kappa shape index (κ2) is 9.50. The third kappa shape index (κ3) is 5.19. The van der Waals surface area contributed by atoms with Crippen LogP contribution in [-0.4, -0.2) is 80.2 Å². The number of carbonyl (C=O) groups is 2. The molecule has 0 radical (unpaired) electrons. The van der Waals surface area contributed by atoms with Crippen LogP contribution in [0.2, 0.25) is 0 Å². The minimum Gasteiger partial charge on any atom is -0.340 e. The highest BCUT2D eigenvalue weighted by Crippen LogP contribution is 2.19. The van der Waals surface area contributed by atoms with Crippen molar-refractivity contribution < 1.29 is 18.0 Å². The Morgan fingerprint density at radius 3 is 2.11 bits per heavy atom. The summed E-state index contributed by atoms with van der Waals surface area (Å²) >= 11 is 0. The summed E-state index contributed by atoms with van der Waals surface area (Å²) in [6.07, 6.45) is 0. The minimum atomic E-state index is -3.64. The van der Waals surface area contributed by atoms with Gasteiger partial charge < -0.3 is 15.5 Å². The Kier molecular flexibility index (Phi) is 8.22. The van der Waals surface area contributed by atoms with Crippen molar-refractivity contribution in [3.8, 4) is 0 Å². The Morgan fingerprint density at radius 1 is 1.15 bits per heavy atom. The molecule has 1 unspecified atom stereocenters. The molecule has 1 atom stereocenters. The maximum atomic E-state index is 12.7. The number of likely N-dealkylation sites (N-methyl/N-ethyl adjacent to an activating group) is 1. The van der Waals surface area contributed by atoms with Crippen LogP contribution in [0, 0.1) is 0 Å². The van der Waals surface area contributed by atoms with Gasteiger partial charge in [0.25, 0.3) is 5.91 Å². The average Bonchev–Trinajstić information content (AvgIpc) is 2.66. The van der Waals surface area contributed by atoms with Gasteiger partial charge in [-0.1, -0.05) is 0 Å². The number of sulfonamides is 1. The quantitative estimate of drug-likeness (QED) is 0.744. The third-order valence-corrected chi connectivity index (χ3v) is 6.66. The van der Waals surface area contributed by atoms with Crippen LogP contribution >= 0.6 is 12.4 Å². The number of piperazine rings is 1. The van der Waals surface area contributed by atoms with Crippen molar-refractivity contribution >= 4 is 34.2 Å². The second-order valence-electron chi connectivity index (χ2n) is 6.44. The van der Waals surface area contributed by atoms with Gasteiger partial charge in [0.2, 0.25) is 15.9 Å². The average molecular weight is 419 g/mol. The van der Waals surface area contributed by atoms with Crippen LogP contribution in [0.3, 0.4) is 0 Å². The van der Waals surface area contributed by atoms with Gasteiger partial charge in [-0.15, -0.1) is 12.4 Å². The van der Waals surface area contributed by atoms with Gasteiger partial charge >= 0.3 is 0 Å². The zero-order valence-electron chi connectivity index (χ0n) is 15.8. The van der Waals surface area contributed by atoms with Gasteiger partial charge in [-0.25, -0.2) is 8.42 Å². The van der Waals surface area contributed by atoms with Gasteiger partial charge in [-0.2, -0.15) is 4.31 Å². The Morgan fingerprint density at radius 2 is 1.67 bits per heavy atom. The summed E-state index contributed by atoms with van der Waals surface area (Å²) in [4.78, 5) is 27.0. The van der Waals surface area contributed by atoms with E-state index in [9.17, 15) is 18.0 Å². The predicted molar refractivity (Wildman–Crippen MR) is 105 cm³/mol. The van der Waals surface area contributed by atoms with Crippen LogP contribution in [0.4, 0.5) is 0 Å². The number of nitrogens with two attached hydrogens (primary N) is 1. The minimum absolute atomic E-state index is 0. The van der Waals surface area contributed by atoms with Crippen LogP contribution < -0.4 is 5.73 Å². The number of halogens is 1. The van der Waals surface area contributed by atoms with E-state index in [4.69, 9.17) is 5.73 Å². The van der Waals surface area contributed by atoms with Crippen molar-refractivity contribution in [3.05, 3.63) is 29.8 Å². The molecule has 2 amide bonds. The number of carbonyl (C=O) groups excluding carboxylic acids is 2. The SMILES string of the molecule is CC(=O)N1CCN(S(=O)(=O)c2ccc(C(=O)N(C)C(C)CN)cc2)CC1.Cl. The predicted octanol–water partition coefficient (Wildman–Crippen LogP) is 0.380. The van der Waals surface area contributed by atoms with E-state index in [1.54, 1.807) is 11.9 Å². The fraction of sp³-hybridized carbons (Fsp3) is 0.529. The molecule has 1 saturated heterocycles. The summed E-state index contributed by atoms with van der Waals surface area (Å²) in [7, 11) is -1.98. The van der Waals surface area contributed by atoms with E-state index in [1.165, 1.54) is 40.4 Å². The van der Waals surface area contributed by atoms with E-state index in [0.29, 0.717) is 25.2 Å². The molecule has 1 aliphatic rings. The number of benzene rings is 1. The molecular weight excluding hydrogens is 392 g/mol. The van der Waals surface area contributed by atoms with Crippen molar-refractivity contribution in [2.75, 3.05) is 39.8 Å². The molecule has 27 heavy (non-hydrogen) atoms. The highest BCUT2D eigenvalue weighted by atomic mass is 35.5. The zero-order valence-corrected chi connectivity index (χ0v) is 17.4. The Balaban J connectivity index is 0.00000364. The molecule has 8 nitrogen and oxygen atoms in total. The van der Waals surface area contributed by atoms with E-state index in [-0.39, 0.29) is 48.2 Å². The lowest BCUT2D eigenvalue weighted by Crippen LogP contribution is -2.49. The van der Waals surface area contributed by atoms with Crippen LogP contribution in [0.25, 0.3) is 0 Å². The second-order valence-corrected chi connectivity index (χ2v) is 8.37. The Hall–Kier alpha value is -1.68. The zero-order chi connectivity index (χ0) is 19.5. The lowest BCUT2D eigenvalue weighted by atomic mass is 10.2. The molecule has 1 aromatic rings. The fourth-order valence-corrected chi connectivity index (χ4v) is 4.15. The van der Waals surface area contributed by atoms with E-state index in [2.05, 4.69) is 0 Å². The fourth-order valence-electron chi connectivity index (χ4n) is 2.72. The summed E-state index contributed by atoms with van der Waals surface area (Å²) in [6.45, 7) is 4.96. The van der Waals surface area contributed by atoms with Crippen molar-refractivity contribution in [3.63, 3.8) is 0 Å². The molecule has 0 aliphatic carbocycles. The number of amides is 2. The van der Waals surface area contributed by atoms with Crippen LogP contribution in [0.15, 0.2) is 29.2 Å². The first-order valence-corrected chi connectivity index (χ1v) is 9.95. The molecule has 10 heteroatoms. The van der Waals surface area contributed by atoms with E-state index in [1.807, 2.05) is 6.92 Å². The van der Waals surface area contributed by atoms with Gasteiger partial charge in [0.05, 0.1) is 4.90 Å². The van der Waals surface area contributed by atoms with Crippen LogP contribution in [-0.2, 0) is 14.8 Å². The van der Waals surface area contributed by atoms with Crippen molar-refractivity contribution in [1.29, 1.82) is 0 Å². The number of hydrogen-bond donors (Lipinski definition) is 1. The van der Waals surface area contributed by atoms with Crippen molar-refractivity contribution in [2.24, 2.45) is 5.73 Å².